The van der Waals surface area contributed by atoms with E-state index in [4.69, 9.17) is 0 Å². The van der Waals surface area contributed by atoms with Gasteiger partial charge < -0.3 is 0 Å². The molecule has 21 heavy (non-hydrogen) atoms. The maximum absolute atomic E-state index is 12.1. The molecule has 4 heteroatoms. The first kappa shape index (κ1) is 15.4. The van der Waals surface area contributed by atoms with Crippen LogP contribution in [0, 0.1) is 0 Å². The molecule has 0 spiro atoms. The van der Waals surface area contributed by atoms with Gasteiger partial charge in [0, 0.05) is 6.42 Å². The Labute approximate surface area is 125 Å². The zero-order valence-corrected chi connectivity index (χ0v) is 12.7. The predicted molar refractivity (Wildman–Crippen MR) is 85.3 cm³/mol. The molecule has 0 saturated carbocycles. The van der Waals surface area contributed by atoms with Gasteiger partial charge in [-0.05, 0) is 37.8 Å². The average molecular weight is 285 g/mol. The fourth-order valence-corrected chi connectivity index (χ4v) is 2.26. The lowest BCUT2D eigenvalue weighted by Gasteiger charge is -2.00. The molecule has 2 rings (SSSR count). The van der Waals surface area contributed by atoms with Crippen molar-refractivity contribution >= 4 is 16.9 Å². The third-order valence-electron chi connectivity index (χ3n) is 3.49. The van der Waals surface area contributed by atoms with E-state index < -0.39 is 0 Å². The van der Waals surface area contributed by atoms with Crippen molar-refractivity contribution in [3.8, 4) is 0 Å². The van der Waals surface area contributed by atoms with Gasteiger partial charge in [0.1, 0.15) is 5.52 Å². The summed E-state index contributed by atoms with van der Waals surface area (Å²) in [6.07, 6.45) is 11.7. The van der Waals surface area contributed by atoms with Crippen molar-refractivity contribution in [2.24, 2.45) is 0 Å². The SMILES string of the molecule is CCCC/C=C/CCCCC(=O)n1nnc2ccccc21. The van der Waals surface area contributed by atoms with Crippen LogP contribution in [0.2, 0.25) is 0 Å². The van der Waals surface area contributed by atoms with E-state index in [0.717, 1.165) is 30.3 Å². The average Bonchev–Trinajstić information content (AvgIpc) is 2.94. The monoisotopic (exact) mass is 285 g/mol. The molecular weight excluding hydrogens is 262 g/mol. The number of hydrogen-bond donors (Lipinski definition) is 0. The van der Waals surface area contributed by atoms with E-state index in [1.807, 2.05) is 24.3 Å². The zero-order chi connectivity index (χ0) is 14.9. The summed E-state index contributed by atoms with van der Waals surface area (Å²) in [5.74, 6) is 0.0265. The molecule has 1 aromatic heterocycles. The Hall–Kier alpha value is -1.97. The first-order chi connectivity index (χ1) is 10.3. The standard InChI is InChI=1S/C17H23N3O/c1-2-3-4-5-6-7-8-9-14-17(21)20-16-13-11-10-12-15(16)18-19-20/h5-6,10-13H,2-4,7-9,14H2,1H3/b6-5+. The van der Waals surface area contributed by atoms with Crippen molar-refractivity contribution in [1.29, 1.82) is 0 Å². The van der Waals surface area contributed by atoms with Crippen molar-refractivity contribution in [3.63, 3.8) is 0 Å². The second kappa shape index (κ2) is 8.35. The Bertz CT molecular complexity index is 601. The van der Waals surface area contributed by atoms with Crippen molar-refractivity contribution in [1.82, 2.24) is 15.0 Å². The lowest BCUT2D eigenvalue weighted by Crippen LogP contribution is -2.11. The first-order valence-electron chi connectivity index (χ1n) is 7.81. The molecule has 0 unspecified atom stereocenters. The number of carbonyl (C=O) groups is 1. The third kappa shape index (κ3) is 4.52. The van der Waals surface area contributed by atoms with Crippen LogP contribution in [0.3, 0.4) is 0 Å². The van der Waals surface area contributed by atoms with E-state index in [9.17, 15) is 4.79 Å². The van der Waals surface area contributed by atoms with Crippen LogP contribution in [-0.2, 0) is 0 Å². The lowest BCUT2D eigenvalue weighted by molar-refractivity contribution is 0.0886. The molecule has 0 aliphatic carbocycles. The molecular formula is C17H23N3O. The molecule has 0 atom stereocenters. The highest BCUT2D eigenvalue weighted by atomic mass is 16.2. The summed E-state index contributed by atoms with van der Waals surface area (Å²) in [7, 11) is 0. The maximum Gasteiger partial charge on any atom is 0.248 e. The van der Waals surface area contributed by atoms with E-state index in [-0.39, 0.29) is 5.91 Å². The topological polar surface area (TPSA) is 47.8 Å². The van der Waals surface area contributed by atoms with Crippen molar-refractivity contribution in [3.05, 3.63) is 36.4 Å². The molecule has 0 saturated heterocycles. The summed E-state index contributed by atoms with van der Waals surface area (Å²) >= 11 is 0. The van der Waals surface area contributed by atoms with Gasteiger partial charge in [0.25, 0.3) is 0 Å². The molecule has 0 bridgehead atoms. The fourth-order valence-electron chi connectivity index (χ4n) is 2.26. The van der Waals surface area contributed by atoms with Gasteiger partial charge in [-0.25, -0.2) is 0 Å². The minimum atomic E-state index is 0.0265. The van der Waals surface area contributed by atoms with Gasteiger partial charge in [0.2, 0.25) is 5.91 Å². The highest BCUT2D eigenvalue weighted by molar-refractivity contribution is 5.88. The van der Waals surface area contributed by atoms with Crippen molar-refractivity contribution < 1.29 is 4.79 Å². The molecule has 112 valence electrons. The van der Waals surface area contributed by atoms with E-state index in [2.05, 4.69) is 29.4 Å². The number of nitrogens with zero attached hydrogens (tertiary/aromatic N) is 3. The molecule has 0 amide bonds. The minimum absolute atomic E-state index is 0.0265. The van der Waals surface area contributed by atoms with Gasteiger partial charge >= 0.3 is 0 Å². The van der Waals surface area contributed by atoms with Crippen LogP contribution in [0.25, 0.3) is 11.0 Å². The Balaban J connectivity index is 1.74. The summed E-state index contributed by atoms with van der Waals surface area (Å²) in [6.45, 7) is 2.20. The summed E-state index contributed by atoms with van der Waals surface area (Å²) in [5.41, 5.74) is 1.56. The summed E-state index contributed by atoms with van der Waals surface area (Å²) in [5, 5.41) is 7.95. The number of rotatable bonds is 8. The molecule has 0 aliphatic heterocycles. The molecule has 0 N–H and O–H groups in total. The van der Waals surface area contributed by atoms with E-state index in [0.29, 0.717) is 6.42 Å². The Kier molecular flexibility index (Phi) is 6.13. The van der Waals surface area contributed by atoms with Crippen molar-refractivity contribution in [2.45, 2.75) is 51.9 Å². The molecule has 1 heterocycles. The number of para-hydroxylation sites is 1. The molecule has 0 fully saturated rings. The minimum Gasteiger partial charge on any atom is -0.273 e. The number of fused-ring (bicyclic) bond motifs is 1. The second-order valence-corrected chi connectivity index (χ2v) is 5.24. The number of allylic oxidation sites excluding steroid dienone is 2. The van der Waals surface area contributed by atoms with Gasteiger partial charge in [-0.3, -0.25) is 4.79 Å². The van der Waals surface area contributed by atoms with Crippen LogP contribution in [0.1, 0.15) is 56.7 Å². The number of hydrogen-bond acceptors (Lipinski definition) is 3. The molecule has 0 aliphatic rings. The quantitative estimate of drug-likeness (QED) is 0.534. The highest BCUT2D eigenvalue weighted by Gasteiger charge is 2.10. The summed E-state index contributed by atoms with van der Waals surface area (Å²) in [6, 6.07) is 7.55. The molecule has 2 aromatic rings. The highest BCUT2D eigenvalue weighted by Crippen LogP contribution is 2.11. The largest absolute Gasteiger partial charge is 0.273 e. The molecule has 0 radical (unpaired) electrons. The van der Waals surface area contributed by atoms with E-state index in [1.54, 1.807) is 0 Å². The van der Waals surface area contributed by atoms with Gasteiger partial charge in [0.15, 0.2) is 0 Å². The Morgan fingerprint density at radius 3 is 2.71 bits per heavy atom. The van der Waals surface area contributed by atoms with Gasteiger partial charge in [0.05, 0.1) is 5.52 Å². The van der Waals surface area contributed by atoms with Gasteiger partial charge in [-0.2, -0.15) is 4.68 Å². The number of benzene rings is 1. The van der Waals surface area contributed by atoms with Crippen LogP contribution in [0.15, 0.2) is 36.4 Å². The van der Waals surface area contributed by atoms with Crippen molar-refractivity contribution in [2.75, 3.05) is 0 Å². The molecule has 4 nitrogen and oxygen atoms in total. The summed E-state index contributed by atoms with van der Waals surface area (Å²) < 4.78 is 1.42. The number of unbranched alkanes of at least 4 members (excludes halogenated alkanes) is 4. The van der Waals surface area contributed by atoms with Crippen LogP contribution in [0.4, 0.5) is 0 Å². The van der Waals surface area contributed by atoms with Crippen LogP contribution < -0.4 is 0 Å². The fraction of sp³-hybridized carbons (Fsp3) is 0.471. The third-order valence-corrected chi connectivity index (χ3v) is 3.49. The maximum atomic E-state index is 12.1. The lowest BCUT2D eigenvalue weighted by atomic mass is 10.1. The molecule has 1 aromatic carbocycles. The number of carbonyl (C=O) groups excluding carboxylic acids is 1. The van der Waals surface area contributed by atoms with Gasteiger partial charge in [-0.1, -0.05) is 49.3 Å². The Morgan fingerprint density at radius 2 is 1.90 bits per heavy atom. The first-order valence-corrected chi connectivity index (χ1v) is 7.81. The van der Waals surface area contributed by atoms with E-state index in [1.165, 1.54) is 23.9 Å². The normalized spacial score (nSPS) is 11.5. The number of aromatic nitrogens is 3. The van der Waals surface area contributed by atoms with Crippen LogP contribution in [-0.4, -0.2) is 20.9 Å². The van der Waals surface area contributed by atoms with E-state index >= 15 is 0 Å². The van der Waals surface area contributed by atoms with Crippen LogP contribution in [0.5, 0.6) is 0 Å². The second-order valence-electron chi connectivity index (χ2n) is 5.24. The zero-order valence-electron chi connectivity index (χ0n) is 12.7. The summed E-state index contributed by atoms with van der Waals surface area (Å²) in [4.78, 5) is 12.1. The van der Waals surface area contributed by atoms with Gasteiger partial charge in [-0.15, -0.1) is 5.10 Å². The predicted octanol–water partition coefficient (Wildman–Crippen LogP) is 4.38. The Morgan fingerprint density at radius 1 is 1.14 bits per heavy atom. The van der Waals surface area contributed by atoms with Crippen LogP contribution >= 0.6 is 0 Å². The smallest absolute Gasteiger partial charge is 0.248 e.